The fourth-order valence-electron chi connectivity index (χ4n) is 1.88. The predicted octanol–water partition coefficient (Wildman–Crippen LogP) is 3.16. The maximum atomic E-state index is 12.8. The van der Waals surface area contributed by atoms with E-state index in [0.29, 0.717) is 16.8 Å². The molecule has 0 spiro atoms. The number of benzene rings is 2. The molecule has 0 bridgehead atoms. The number of rotatable bonds is 4. The van der Waals surface area contributed by atoms with Gasteiger partial charge >= 0.3 is 5.97 Å². The number of hydrogen-bond acceptors (Lipinski definition) is 4. The molecule has 0 radical (unpaired) electrons. The van der Waals surface area contributed by atoms with E-state index in [1.165, 1.54) is 49.6 Å². The van der Waals surface area contributed by atoms with Crippen molar-refractivity contribution >= 4 is 23.6 Å². The molecular formula is C18H13FN2O3. The number of anilines is 1. The lowest BCUT2D eigenvalue weighted by Gasteiger charge is -2.04. The van der Waals surface area contributed by atoms with Crippen molar-refractivity contribution in [2.45, 2.75) is 0 Å². The molecule has 0 atom stereocenters. The molecule has 0 heterocycles. The Kier molecular flexibility index (Phi) is 5.42. The number of hydrogen-bond donors (Lipinski definition) is 1. The SMILES string of the molecule is COC(=O)c1ccc(/C=C(\C#N)C(=O)Nc2ccc(F)cc2)cc1. The van der Waals surface area contributed by atoms with E-state index in [-0.39, 0.29) is 5.57 Å². The number of nitriles is 1. The van der Waals surface area contributed by atoms with E-state index < -0.39 is 17.7 Å². The molecule has 0 aliphatic rings. The van der Waals surface area contributed by atoms with Crippen LogP contribution in [-0.4, -0.2) is 19.0 Å². The van der Waals surface area contributed by atoms with Crippen LogP contribution in [0.5, 0.6) is 0 Å². The van der Waals surface area contributed by atoms with Crippen molar-refractivity contribution in [3.05, 3.63) is 71.0 Å². The highest BCUT2D eigenvalue weighted by molar-refractivity contribution is 6.09. The zero-order valence-corrected chi connectivity index (χ0v) is 12.7. The Morgan fingerprint density at radius 2 is 1.75 bits per heavy atom. The van der Waals surface area contributed by atoms with Gasteiger partial charge in [0.25, 0.3) is 5.91 Å². The monoisotopic (exact) mass is 324 g/mol. The van der Waals surface area contributed by atoms with Gasteiger partial charge in [0.15, 0.2) is 0 Å². The van der Waals surface area contributed by atoms with Gasteiger partial charge in [-0.25, -0.2) is 9.18 Å². The zero-order valence-electron chi connectivity index (χ0n) is 12.7. The maximum absolute atomic E-state index is 12.8. The van der Waals surface area contributed by atoms with Crippen LogP contribution in [-0.2, 0) is 9.53 Å². The Balaban J connectivity index is 2.16. The number of nitrogens with one attached hydrogen (secondary N) is 1. The number of nitrogens with zero attached hydrogens (tertiary/aromatic N) is 1. The van der Waals surface area contributed by atoms with Crippen molar-refractivity contribution in [2.24, 2.45) is 0 Å². The summed E-state index contributed by atoms with van der Waals surface area (Å²) in [5.74, 6) is -1.50. The van der Waals surface area contributed by atoms with E-state index >= 15 is 0 Å². The van der Waals surface area contributed by atoms with Crippen LogP contribution >= 0.6 is 0 Å². The van der Waals surface area contributed by atoms with E-state index in [1.807, 2.05) is 6.07 Å². The van der Waals surface area contributed by atoms with Crippen LogP contribution in [0.15, 0.2) is 54.1 Å². The minimum absolute atomic E-state index is 0.120. The van der Waals surface area contributed by atoms with Gasteiger partial charge in [-0.1, -0.05) is 12.1 Å². The van der Waals surface area contributed by atoms with Crippen LogP contribution in [0.2, 0.25) is 0 Å². The molecule has 2 aromatic carbocycles. The fourth-order valence-corrected chi connectivity index (χ4v) is 1.88. The summed E-state index contributed by atoms with van der Waals surface area (Å²) >= 11 is 0. The molecule has 0 fully saturated rings. The molecule has 1 amide bonds. The van der Waals surface area contributed by atoms with Crippen LogP contribution in [0.1, 0.15) is 15.9 Å². The van der Waals surface area contributed by atoms with Gasteiger partial charge in [0, 0.05) is 5.69 Å². The largest absolute Gasteiger partial charge is 0.465 e. The Morgan fingerprint density at radius 3 is 2.29 bits per heavy atom. The van der Waals surface area contributed by atoms with Crippen LogP contribution in [0.25, 0.3) is 6.08 Å². The van der Waals surface area contributed by atoms with Crippen LogP contribution in [0.3, 0.4) is 0 Å². The maximum Gasteiger partial charge on any atom is 0.337 e. The molecule has 2 aromatic rings. The molecule has 0 aliphatic heterocycles. The fraction of sp³-hybridized carbons (Fsp3) is 0.0556. The second-order valence-electron chi connectivity index (χ2n) is 4.74. The first kappa shape index (κ1) is 16.9. The lowest BCUT2D eigenvalue weighted by Crippen LogP contribution is -2.13. The normalized spacial score (nSPS) is 10.6. The summed E-state index contributed by atoms with van der Waals surface area (Å²) in [5, 5.41) is 11.7. The van der Waals surface area contributed by atoms with E-state index in [2.05, 4.69) is 10.1 Å². The van der Waals surface area contributed by atoms with Gasteiger partial charge in [-0.05, 0) is 48.0 Å². The lowest BCUT2D eigenvalue weighted by atomic mass is 10.1. The van der Waals surface area contributed by atoms with Crippen molar-refractivity contribution in [3.63, 3.8) is 0 Å². The summed E-state index contributed by atoms with van der Waals surface area (Å²) in [6.45, 7) is 0. The Morgan fingerprint density at radius 1 is 1.12 bits per heavy atom. The number of ether oxygens (including phenoxy) is 1. The van der Waals surface area contributed by atoms with Gasteiger partial charge in [0.2, 0.25) is 0 Å². The number of esters is 1. The second kappa shape index (κ2) is 7.70. The van der Waals surface area contributed by atoms with Crippen molar-refractivity contribution in [2.75, 3.05) is 12.4 Å². The number of carbonyl (C=O) groups is 2. The summed E-state index contributed by atoms with van der Waals surface area (Å²) in [6, 6.07) is 13.3. The first-order valence-corrected chi connectivity index (χ1v) is 6.90. The van der Waals surface area contributed by atoms with E-state index in [1.54, 1.807) is 12.1 Å². The molecule has 6 heteroatoms. The molecule has 24 heavy (non-hydrogen) atoms. The van der Waals surface area contributed by atoms with Gasteiger partial charge < -0.3 is 10.1 Å². The third-order valence-corrected chi connectivity index (χ3v) is 3.11. The molecule has 5 nitrogen and oxygen atoms in total. The Hall–Kier alpha value is -3.46. The highest BCUT2D eigenvalue weighted by atomic mass is 19.1. The molecule has 0 saturated heterocycles. The lowest BCUT2D eigenvalue weighted by molar-refractivity contribution is -0.112. The highest BCUT2D eigenvalue weighted by Gasteiger charge is 2.10. The van der Waals surface area contributed by atoms with Crippen LogP contribution in [0, 0.1) is 17.1 Å². The van der Waals surface area contributed by atoms with Crippen LogP contribution in [0.4, 0.5) is 10.1 Å². The summed E-state index contributed by atoms with van der Waals surface area (Å²) in [5.41, 5.74) is 1.20. The van der Waals surface area contributed by atoms with Crippen LogP contribution < -0.4 is 5.32 Å². The molecule has 0 aromatic heterocycles. The van der Waals surface area contributed by atoms with E-state index in [4.69, 9.17) is 5.26 Å². The van der Waals surface area contributed by atoms with Crippen molar-refractivity contribution in [1.82, 2.24) is 0 Å². The third-order valence-electron chi connectivity index (χ3n) is 3.11. The Bertz CT molecular complexity index is 819. The second-order valence-corrected chi connectivity index (χ2v) is 4.74. The first-order chi connectivity index (χ1) is 11.5. The number of methoxy groups -OCH3 is 1. The number of carbonyl (C=O) groups excluding carboxylic acids is 2. The Labute approximate surface area is 138 Å². The van der Waals surface area contributed by atoms with Gasteiger partial charge in [-0.2, -0.15) is 5.26 Å². The third kappa shape index (κ3) is 4.27. The molecule has 0 unspecified atom stereocenters. The summed E-state index contributed by atoms with van der Waals surface area (Å²) in [4.78, 5) is 23.4. The number of amides is 1. The highest BCUT2D eigenvalue weighted by Crippen LogP contribution is 2.13. The average Bonchev–Trinajstić information content (AvgIpc) is 2.61. The average molecular weight is 324 g/mol. The first-order valence-electron chi connectivity index (χ1n) is 6.90. The molecular weight excluding hydrogens is 311 g/mol. The van der Waals surface area contributed by atoms with Crippen molar-refractivity contribution < 1.29 is 18.7 Å². The zero-order chi connectivity index (χ0) is 17.5. The van der Waals surface area contributed by atoms with Gasteiger partial charge in [0.1, 0.15) is 17.5 Å². The molecule has 2 rings (SSSR count). The standard InChI is InChI=1S/C18H13FN2O3/c1-24-18(23)13-4-2-12(3-5-13)10-14(11-20)17(22)21-16-8-6-15(19)7-9-16/h2-10H,1H3,(H,21,22)/b14-10+. The quantitative estimate of drug-likeness (QED) is 0.532. The molecule has 120 valence electrons. The van der Waals surface area contributed by atoms with Crippen molar-refractivity contribution in [3.8, 4) is 6.07 Å². The molecule has 1 N–H and O–H groups in total. The topological polar surface area (TPSA) is 79.2 Å². The molecule has 0 saturated carbocycles. The summed E-state index contributed by atoms with van der Waals surface area (Å²) in [6.07, 6.45) is 1.39. The smallest absolute Gasteiger partial charge is 0.337 e. The van der Waals surface area contributed by atoms with Crippen molar-refractivity contribution in [1.29, 1.82) is 5.26 Å². The molecule has 0 aliphatic carbocycles. The number of halogens is 1. The van der Waals surface area contributed by atoms with E-state index in [9.17, 15) is 14.0 Å². The van der Waals surface area contributed by atoms with Gasteiger partial charge in [-0.15, -0.1) is 0 Å². The predicted molar refractivity (Wildman–Crippen MR) is 86.4 cm³/mol. The minimum atomic E-state index is -0.610. The van der Waals surface area contributed by atoms with E-state index in [0.717, 1.165) is 0 Å². The van der Waals surface area contributed by atoms with Gasteiger partial charge in [0.05, 0.1) is 12.7 Å². The van der Waals surface area contributed by atoms with Gasteiger partial charge in [-0.3, -0.25) is 4.79 Å². The minimum Gasteiger partial charge on any atom is -0.465 e. The summed E-state index contributed by atoms with van der Waals surface area (Å²) < 4.78 is 17.4. The summed E-state index contributed by atoms with van der Waals surface area (Å²) in [7, 11) is 1.28.